The molecular weight excluding hydrogens is 418 g/mol. The fourth-order valence-corrected chi connectivity index (χ4v) is 5.50. The van der Waals surface area contributed by atoms with Gasteiger partial charge in [-0.1, -0.05) is 29.8 Å². The number of nitriles is 1. The number of rotatable bonds is 5. The minimum absolute atomic E-state index is 0.0494. The van der Waals surface area contributed by atoms with Gasteiger partial charge in [-0.25, -0.2) is 4.79 Å². The van der Waals surface area contributed by atoms with Gasteiger partial charge < -0.3 is 15.0 Å². The average molecular weight is 440 g/mol. The molecule has 1 aliphatic carbocycles. The van der Waals surface area contributed by atoms with Crippen molar-refractivity contribution in [3.8, 4) is 6.07 Å². The fraction of sp³-hybridized carbons (Fsp3) is 0.455. The van der Waals surface area contributed by atoms with Gasteiger partial charge in [-0.2, -0.15) is 10.4 Å². The summed E-state index contributed by atoms with van der Waals surface area (Å²) in [6.45, 7) is 1.09. The van der Waals surface area contributed by atoms with E-state index in [9.17, 15) is 14.9 Å². The minimum Gasteiger partial charge on any atom is -0.441 e. The zero-order valence-corrected chi connectivity index (χ0v) is 17.9. The van der Waals surface area contributed by atoms with E-state index < -0.39 is 5.60 Å². The van der Waals surface area contributed by atoms with Gasteiger partial charge >= 0.3 is 6.09 Å². The lowest BCUT2D eigenvalue weighted by Crippen LogP contribution is -2.51. The van der Waals surface area contributed by atoms with Gasteiger partial charge in [0.15, 0.2) is 0 Å². The van der Waals surface area contributed by atoms with Gasteiger partial charge in [-0.15, -0.1) is 0 Å². The Hall–Kier alpha value is -3.05. The lowest BCUT2D eigenvalue weighted by Gasteiger charge is -2.44. The zero-order valence-electron chi connectivity index (χ0n) is 17.1. The first-order chi connectivity index (χ1) is 14.9. The number of halogens is 1. The lowest BCUT2D eigenvalue weighted by atomic mass is 9.70. The van der Waals surface area contributed by atoms with Gasteiger partial charge in [0.2, 0.25) is 0 Å². The van der Waals surface area contributed by atoms with Crippen LogP contribution in [0.4, 0.5) is 4.79 Å². The number of nitrogens with zero attached hydrogens (tertiary/aromatic N) is 4. The second-order valence-electron chi connectivity index (χ2n) is 8.66. The van der Waals surface area contributed by atoms with E-state index in [1.165, 1.54) is 0 Å². The molecule has 31 heavy (non-hydrogen) atoms. The molecule has 1 aromatic heterocycles. The largest absolute Gasteiger partial charge is 0.441 e. The van der Waals surface area contributed by atoms with Crippen LogP contribution in [0.2, 0.25) is 5.02 Å². The van der Waals surface area contributed by atoms with Crippen LogP contribution in [-0.4, -0.2) is 45.4 Å². The number of nitrogens with one attached hydrogen (secondary N) is 1. The predicted molar refractivity (Wildman–Crippen MR) is 111 cm³/mol. The van der Waals surface area contributed by atoms with E-state index in [0.717, 1.165) is 29.7 Å². The summed E-state index contributed by atoms with van der Waals surface area (Å²) in [5, 5.41) is 16.8. The van der Waals surface area contributed by atoms with Crippen LogP contribution >= 0.6 is 11.6 Å². The maximum Gasteiger partial charge on any atom is 0.407 e. The molecule has 1 saturated carbocycles. The quantitative estimate of drug-likeness (QED) is 0.772. The molecular formula is C22H22ClN5O3. The van der Waals surface area contributed by atoms with Crippen molar-refractivity contribution in [3.63, 3.8) is 0 Å². The highest BCUT2D eigenvalue weighted by atomic mass is 35.5. The minimum atomic E-state index is -0.426. The molecule has 2 fully saturated rings. The van der Waals surface area contributed by atoms with Crippen LogP contribution in [0.25, 0.3) is 0 Å². The van der Waals surface area contributed by atoms with E-state index in [0.29, 0.717) is 30.1 Å². The zero-order chi connectivity index (χ0) is 21.8. The SMILES string of the molecule is Cn1ncc(Cl)c1CC1c2cccc(CC#N)c2C(=O)N1CC1CC2(CNC(=O)O2)C1. The van der Waals surface area contributed by atoms with Gasteiger partial charge in [0.25, 0.3) is 5.91 Å². The maximum absolute atomic E-state index is 13.5. The van der Waals surface area contributed by atoms with Crippen molar-refractivity contribution in [2.75, 3.05) is 13.1 Å². The molecule has 1 saturated heterocycles. The molecule has 8 nitrogen and oxygen atoms in total. The summed E-state index contributed by atoms with van der Waals surface area (Å²) in [5.41, 5.74) is 2.76. The highest BCUT2D eigenvalue weighted by Gasteiger charge is 2.52. The Bertz CT molecular complexity index is 1100. The molecule has 0 radical (unpaired) electrons. The van der Waals surface area contributed by atoms with E-state index in [1.54, 1.807) is 10.9 Å². The number of fused-ring (bicyclic) bond motifs is 1. The number of amides is 2. The molecule has 9 heteroatoms. The van der Waals surface area contributed by atoms with Crippen LogP contribution in [0.15, 0.2) is 24.4 Å². The van der Waals surface area contributed by atoms with E-state index in [4.69, 9.17) is 16.3 Å². The molecule has 1 atom stereocenters. The smallest absolute Gasteiger partial charge is 0.407 e. The standard InChI is InChI=1S/C22H22ClN5O3/c1-27-18(16(23)10-26-27)7-17-15-4-2-3-14(5-6-24)19(15)20(29)28(17)11-13-8-22(9-13)12-25-21(30)31-22/h2-4,10,13,17H,5,7-9,11-12H2,1H3,(H,25,30). The van der Waals surface area contributed by atoms with E-state index >= 15 is 0 Å². The second-order valence-corrected chi connectivity index (χ2v) is 9.06. The summed E-state index contributed by atoms with van der Waals surface area (Å²) in [6.07, 6.45) is 3.44. The molecule has 2 amide bonds. The van der Waals surface area contributed by atoms with E-state index in [2.05, 4.69) is 16.5 Å². The van der Waals surface area contributed by atoms with Crippen molar-refractivity contribution in [2.45, 2.75) is 37.3 Å². The van der Waals surface area contributed by atoms with Crippen LogP contribution in [0.3, 0.4) is 0 Å². The number of hydrogen-bond donors (Lipinski definition) is 1. The summed E-state index contributed by atoms with van der Waals surface area (Å²) < 4.78 is 7.18. The van der Waals surface area contributed by atoms with Crippen LogP contribution < -0.4 is 5.32 Å². The average Bonchev–Trinajstić information content (AvgIpc) is 3.34. The Morgan fingerprint density at radius 3 is 2.84 bits per heavy atom. The van der Waals surface area contributed by atoms with E-state index in [-0.39, 0.29) is 30.4 Å². The molecule has 160 valence electrons. The number of ether oxygens (including phenoxy) is 1. The summed E-state index contributed by atoms with van der Waals surface area (Å²) in [5.74, 6) is 0.196. The summed E-state index contributed by atoms with van der Waals surface area (Å²) in [6, 6.07) is 7.70. The molecule has 2 aliphatic heterocycles. The molecule has 1 aromatic carbocycles. The predicted octanol–water partition coefficient (Wildman–Crippen LogP) is 2.77. The van der Waals surface area contributed by atoms with Gasteiger partial charge in [0.05, 0.1) is 42.0 Å². The first-order valence-electron chi connectivity index (χ1n) is 10.3. The Morgan fingerprint density at radius 2 is 2.19 bits per heavy atom. The highest BCUT2D eigenvalue weighted by molar-refractivity contribution is 6.31. The van der Waals surface area contributed by atoms with Crippen molar-refractivity contribution in [1.29, 1.82) is 5.26 Å². The van der Waals surface area contributed by atoms with Crippen LogP contribution in [0, 0.1) is 17.2 Å². The number of aryl methyl sites for hydroxylation is 1. The number of benzene rings is 1. The third-order valence-corrected chi connectivity index (χ3v) is 7.02. The van der Waals surface area contributed by atoms with Crippen LogP contribution in [-0.2, 0) is 24.6 Å². The van der Waals surface area contributed by atoms with Gasteiger partial charge in [0.1, 0.15) is 5.60 Å². The molecule has 3 heterocycles. The first kappa shape index (κ1) is 19.9. The maximum atomic E-state index is 13.5. The normalized spacial score (nSPS) is 26.4. The van der Waals surface area contributed by atoms with Gasteiger partial charge in [0, 0.05) is 25.6 Å². The Kier molecular flexibility index (Phi) is 4.67. The third kappa shape index (κ3) is 3.24. The Labute approximate surface area is 184 Å². The fourth-order valence-electron chi connectivity index (χ4n) is 5.25. The third-order valence-electron chi connectivity index (χ3n) is 6.70. The Morgan fingerprint density at radius 1 is 1.39 bits per heavy atom. The molecule has 5 rings (SSSR count). The number of carbonyl (C=O) groups excluding carboxylic acids is 2. The molecule has 2 aromatic rings. The van der Waals surface area contributed by atoms with Gasteiger partial charge in [-0.05, 0) is 29.9 Å². The molecule has 1 spiro atoms. The summed E-state index contributed by atoms with van der Waals surface area (Å²) in [7, 11) is 1.84. The second kappa shape index (κ2) is 7.27. The van der Waals surface area contributed by atoms with Crippen molar-refractivity contribution < 1.29 is 14.3 Å². The molecule has 1 N–H and O–H groups in total. The number of aromatic nitrogens is 2. The lowest BCUT2D eigenvalue weighted by molar-refractivity contribution is -0.0555. The summed E-state index contributed by atoms with van der Waals surface area (Å²) >= 11 is 6.37. The first-order valence-corrected chi connectivity index (χ1v) is 10.7. The molecule has 1 unspecified atom stereocenters. The van der Waals surface area contributed by atoms with Crippen molar-refractivity contribution >= 4 is 23.6 Å². The number of hydrogen-bond acceptors (Lipinski definition) is 5. The highest BCUT2D eigenvalue weighted by Crippen LogP contribution is 2.46. The number of alkyl carbamates (subject to hydrolysis) is 1. The van der Waals surface area contributed by atoms with Crippen molar-refractivity contribution in [1.82, 2.24) is 20.0 Å². The molecule has 0 bridgehead atoms. The van der Waals surface area contributed by atoms with Gasteiger partial charge in [-0.3, -0.25) is 9.48 Å². The number of carbonyl (C=O) groups is 2. The topological polar surface area (TPSA) is 100 Å². The van der Waals surface area contributed by atoms with Crippen LogP contribution in [0.1, 0.15) is 46.1 Å². The monoisotopic (exact) mass is 439 g/mol. The molecule has 3 aliphatic rings. The van der Waals surface area contributed by atoms with Crippen molar-refractivity contribution in [2.24, 2.45) is 13.0 Å². The van der Waals surface area contributed by atoms with E-state index in [1.807, 2.05) is 30.1 Å². The Balaban J connectivity index is 1.44. The van der Waals surface area contributed by atoms with Crippen molar-refractivity contribution in [3.05, 3.63) is 51.8 Å². The van der Waals surface area contributed by atoms with Crippen LogP contribution in [0.5, 0.6) is 0 Å². The summed E-state index contributed by atoms with van der Waals surface area (Å²) in [4.78, 5) is 26.9.